The van der Waals surface area contributed by atoms with Crippen LogP contribution >= 0.6 is 0 Å². The number of carbonyl (C=O) groups is 1. The number of nitrogens with one attached hydrogen (secondary N) is 1. The number of aromatic amines is 1. The van der Waals surface area contributed by atoms with Crippen molar-refractivity contribution in [1.29, 1.82) is 0 Å². The zero-order valence-corrected chi connectivity index (χ0v) is 11.1. The number of benzene rings is 1. The van der Waals surface area contributed by atoms with E-state index < -0.39 is 11.6 Å². The summed E-state index contributed by atoms with van der Waals surface area (Å²) in [6, 6.07) is 9.83. The summed E-state index contributed by atoms with van der Waals surface area (Å²) < 4.78 is 0. The lowest BCUT2D eigenvalue weighted by Gasteiger charge is -2.45. The van der Waals surface area contributed by atoms with Crippen LogP contribution in [0.25, 0.3) is 0 Å². The molecule has 1 aliphatic rings. The molecule has 2 N–H and O–H groups in total. The van der Waals surface area contributed by atoms with Gasteiger partial charge in [-0.25, -0.2) is 4.79 Å². The largest absolute Gasteiger partial charge is 0.465 e. The number of nitrogens with zero attached hydrogens (tertiary/aromatic N) is 2. The maximum atomic E-state index is 11.7. The van der Waals surface area contributed by atoms with Crippen LogP contribution in [0.4, 0.5) is 4.79 Å². The Labute approximate surface area is 117 Å². The van der Waals surface area contributed by atoms with E-state index in [4.69, 9.17) is 0 Å². The van der Waals surface area contributed by atoms with Crippen molar-refractivity contribution in [2.45, 2.75) is 24.8 Å². The Balaban J connectivity index is 2.19. The van der Waals surface area contributed by atoms with Gasteiger partial charge in [0.2, 0.25) is 0 Å². The first kappa shape index (κ1) is 12.7. The molecular formula is C15H17N3O2. The summed E-state index contributed by atoms with van der Waals surface area (Å²) in [5.41, 5.74) is 1.28. The first-order chi connectivity index (χ1) is 9.75. The molecule has 1 saturated heterocycles. The summed E-state index contributed by atoms with van der Waals surface area (Å²) in [6.45, 7) is 0.551. The standard InChI is InChI=1S/C15H17N3O2/c19-14(20)18-9-5-4-8-15(18,13-10-16-17-11-13)12-6-2-1-3-7-12/h1-3,6-7,10-11H,4-5,8-9H2,(H,16,17)(H,19,20). The van der Waals surface area contributed by atoms with Gasteiger partial charge in [0, 0.05) is 18.3 Å². The summed E-state index contributed by atoms with van der Waals surface area (Å²) in [4.78, 5) is 13.3. The minimum Gasteiger partial charge on any atom is -0.465 e. The minimum absolute atomic E-state index is 0.551. The van der Waals surface area contributed by atoms with E-state index in [0.717, 1.165) is 30.4 Å². The van der Waals surface area contributed by atoms with Crippen LogP contribution in [0.5, 0.6) is 0 Å². The van der Waals surface area contributed by atoms with Crippen LogP contribution in [0.3, 0.4) is 0 Å². The molecular weight excluding hydrogens is 254 g/mol. The molecule has 104 valence electrons. The van der Waals surface area contributed by atoms with Crippen LogP contribution in [-0.4, -0.2) is 32.8 Å². The Morgan fingerprint density at radius 1 is 1.25 bits per heavy atom. The Morgan fingerprint density at radius 2 is 2.05 bits per heavy atom. The zero-order chi connectivity index (χ0) is 14.0. The number of aromatic nitrogens is 2. The van der Waals surface area contributed by atoms with Crippen molar-refractivity contribution in [3.8, 4) is 0 Å². The fraction of sp³-hybridized carbons (Fsp3) is 0.333. The van der Waals surface area contributed by atoms with Gasteiger partial charge >= 0.3 is 6.09 Å². The molecule has 2 heterocycles. The van der Waals surface area contributed by atoms with Crippen molar-refractivity contribution in [3.05, 3.63) is 53.9 Å². The van der Waals surface area contributed by atoms with Gasteiger partial charge < -0.3 is 5.11 Å². The molecule has 0 saturated carbocycles. The van der Waals surface area contributed by atoms with Crippen molar-refractivity contribution in [2.24, 2.45) is 0 Å². The number of hydrogen-bond donors (Lipinski definition) is 2. The van der Waals surface area contributed by atoms with Crippen molar-refractivity contribution < 1.29 is 9.90 Å². The fourth-order valence-electron chi connectivity index (χ4n) is 3.19. The number of amides is 1. The van der Waals surface area contributed by atoms with E-state index in [9.17, 15) is 9.90 Å². The minimum atomic E-state index is -0.880. The molecule has 1 aromatic carbocycles. The number of likely N-dealkylation sites (tertiary alicyclic amines) is 1. The van der Waals surface area contributed by atoms with Gasteiger partial charge in [0.05, 0.1) is 11.7 Å². The fourth-order valence-corrected chi connectivity index (χ4v) is 3.19. The van der Waals surface area contributed by atoms with E-state index in [1.54, 1.807) is 17.3 Å². The van der Waals surface area contributed by atoms with Gasteiger partial charge in [0.15, 0.2) is 0 Å². The monoisotopic (exact) mass is 271 g/mol. The van der Waals surface area contributed by atoms with E-state index in [1.807, 2.05) is 30.3 Å². The highest BCUT2D eigenvalue weighted by Crippen LogP contribution is 2.43. The third-order valence-electron chi connectivity index (χ3n) is 4.09. The molecule has 0 radical (unpaired) electrons. The summed E-state index contributed by atoms with van der Waals surface area (Å²) >= 11 is 0. The maximum Gasteiger partial charge on any atom is 0.408 e. The van der Waals surface area contributed by atoms with E-state index in [0.29, 0.717) is 6.54 Å². The SMILES string of the molecule is O=C(O)N1CCCCC1(c1ccccc1)c1cn[nH]c1. The van der Waals surface area contributed by atoms with Gasteiger partial charge in [0.1, 0.15) is 0 Å². The molecule has 1 unspecified atom stereocenters. The van der Waals surface area contributed by atoms with Gasteiger partial charge in [-0.3, -0.25) is 10.00 Å². The van der Waals surface area contributed by atoms with E-state index in [2.05, 4.69) is 10.2 Å². The molecule has 5 heteroatoms. The third kappa shape index (κ3) is 1.86. The lowest BCUT2D eigenvalue weighted by molar-refractivity contribution is 0.0679. The van der Waals surface area contributed by atoms with E-state index in [-0.39, 0.29) is 0 Å². The highest BCUT2D eigenvalue weighted by Gasteiger charge is 2.45. The third-order valence-corrected chi connectivity index (χ3v) is 4.09. The van der Waals surface area contributed by atoms with Crippen molar-refractivity contribution >= 4 is 6.09 Å². The molecule has 0 aliphatic carbocycles. The Hall–Kier alpha value is -2.30. The van der Waals surface area contributed by atoms with Gasteiger partial charge in [-0.15, -0.1) is 0 Å². The molecule has 1 aliphatic heterocycles. The predicted octanol–water partition coefficient (Wildman–Crippen LogP) is 2.82. The van der Waals surface area contributed by atoms with Crippen LogP contribution in [0.2, 0.25) is 0 Å². The number of rotatable bonds is 2. The average molecular weight is 271 g/mol. The number of H-pyrrole nitrogens is 1. The summed E-state index contributed by atoms with van der Waals surface area (Å²) in [5.74, 6) is 0. The summed E-state index contributed by atoms with van der Waals surface area (Å²) in [5, 5.41) is 16.5. The molecule has 0 spiro atoms. The first-order valence-corrected chi connectivity index (χ1v) is 6.80. The average Bonchev–Trinajstić information content (AvgIpc) is 3.02. The molecule has 1 amide bonds. The maximum absolute atomic E-state index is 11.7. The smallest absolute Gasteiger partial charge is 0.408 e. The second-order valence-electron chi connectivity index (χ2n) is 5.10. The molecule has 1 fully saturated rings. The van der Waals surface area contributed by atoms with Crippen molar-refractivity contribution in [1.82, 2.24) is 15.1 Å². The van der Waals surface area contributed by atoms with Gasteiger partial charge in [-0.1, -0.05) is 30.3 Å². The Bertz CT molecular complexity index is 582. The molecule has 1 aromatic heterocycles. The highest BCUT2D eigenvalue weighted by atomic mass is 16.4. The highest BCUT2D eigenvalue weighted by molar-refractivity contribution is 5.68. The number of carboxylic acid groups (broad SMARTS) is 1. The molecule has 5 nitrogen and oxygen atoms in total. The van der Waals surface area contributed by atoms with Crippen LogP contribution in [-0.2, 0) is 5.54 Å². The molecule has 3 rings (SSSR count). The van der Waals surface area contributed by atoms with Crippen LogP contribution < -0.4 is 0 Å². The van der Waals surface area contributed by atoms with Gasteiger partial charge in [-0.05, 0) is 24.8 Å². The van der Waals surface area contributed by atoms with E-state index >= 15 is 0 Å². The lowest BCUT2D eigenvalue weighted by atomic mass is 9.76. The normalized spacial score (nSPS) is 22.7. The predicted molar refractivity (Wildman–Crippen MR) is 74.4 cm³/mol. The van der Waals surface area contributed by atoms with Crippen molar-refractivity contribution in [2.75, 3.05) is 6.54 Å². The molecule has 0 bridgehead atoms. The number of piperidine rings is 1. The van der Waals surface area contributed by atoms with Crippen LogP contribution in [0.15, 0.2) is 42.7 Å². The zero-order valence-electron chi connectivity index (χ0n) is 11.1. The number of hydrogen-bond acceptors (Lipinski definition) is 2. The van der Waals surface area contributed by atoms with Gasteiger partial charge in [-0.2, -0.15) is 5.10 Å². The molecule has 2 aromatic rings. The van der Waals surface area contributed by atoms with Crippen LogP contribution in [0.1, 0.15) is 30.4 Å². The molecule has 20 heavy (non-hydrogen) atoms. The Morgan fingerprint density at radius 3 is 2.70 bits per heavy atom. The first-order valence-electron chi connectivity index (χ1n) is 6.80. The van der Waals surface area contributed by atoms with Crippen LogP contribution in [0, 0.1) is 0 Å². The quantitative estimate of drug-likeness (QED) is 0.882. The second-order valence-corrected chi connectivity index (χ2v) is 5.10. The lowest BCUT2D eigenvalue weighted by Crippen LogP contribution is -2.52. The van der Waals surface area contributed by atoms with Gasteiger partial charge in [0.25, 0.3) is 0 Å². The van der Waals surface area contributed by atoms with Crippen molar-refractivity contribution in [3.63, 3.8) is 0 Å². The van der Waals surface area contributed by atoms with E-state index in [1.165, 1.54) is 0 Å². The topological polar surface area (TPSA) is 69.2 Å². The second kappa shape index (κ2) is 5.00. The summed E-state index contributed by atoms with van der Waals surface area (Å²) in [7, 11) is 0. The summed E-state index contributed by atoms with van der Waals surface area (Å²) in [6.07, 6.45) is 5.34. The Kier molecular flexibility index (Phi) is 3.18. The molecule has 1 atom stereocenters.